The average Bonchev–Trinajstić information content (AvgIpc) is 3.23. The number of carbonyl (C=O) groups excluding carboxylic acids is 1. The van der Waals surface area contributed by atoms with Gasteiger partial charge >= 0.3 is 0 Å². The van der Waals surface area contributed by atoms with Crippen LogP contribution in [0.2, 0.25) is 0 Å². The monoisotopic (exact) mass is 373 g/mol. The molecule has 1 fully saturated rings. The Balaban J connectivity index is 1.46. The van der Waals surface area contributed by atoms with Crippen LogP contribution in [-0.4, -0.2) is 41.8 Å². The molecule has 1 aliphatic heterocycles. The maximum Gasteiger partial charge on any atom is 0.277 e. The molecule has 23 heavy (non-hydrogen) atoms. The number of nitrogens with zero attached hydrogens (tertiary/aromatic N) is 2. The Morgan fingerprint density at radius 1 is 1.48 bits per heavy atom. The molecule has 0 unspecified atom stereocenters. The van der Waals surface area contributed by atoms with Crippen molar-refractivity contribution in [3.05, 3.63) is 28.3 Å². The van der Waals surface area contributed by atoms with Crippen LogP contribution in [0.5, 0.6) is 0 Å². The van der Waals surface area contributed by atoms with Crippen LogP contribution in [0.1, 0.15) is 23.1 Å². The molecule has 0 bridgehead atoms. The number of hydrogen-bond donors (Lipinski definition) is 1. The number of thioether (sulfide) groups is 1. The van der Waals surface area contributed by atoms with E-state index >= 15 is 0 Å². The van der Waals surface area contributed by atoms with Crippen molar-refractivity contribution in [2.45, 2.75) is 24.1 Å². The minimum atomic E-state index is -2.99. The molecule has 1 atom stereocenters. The van der Waals surface area contributed by atoms with Gasteiger partial charge in [0.25, 0.3) is 5.22 Å². The highest BCUT2D eigenvalue weighted by Gasteiger charge is 2.32. The van der Waals surface area contributed by atoms with Crippen molar-refractivity contribution < 1.29 is 17.6 Å². The van der Waals surface area contributed by atoms with E-state index in [1.54, 1.807) is 11.3 Å². The smallest absolute Gasteiger partial charge is 0.277 e. The van der Waals surface area contributed by atoms with E-state index < -0.39 is 9.84 Å². The quantitative estimate of drug-likeness (QED) is 0.764. The fourth-order valence-corrected chi connectivity index (χ4v) is 5.19. The van der Waals surface area contributed by atoms with Gasteiger partial charge in [0.1, 0.15) is 0 Å². The van der Waals surface area contributed by atoms with Gasteiger partial charge in [-0.2, -0.15) is 0 Å². The zero-order chi connectivity index (χ0) is 16.3. The lowest BCUT2D eigenvalue weighted by molar-refractivity contribution is -0.118. The summed E-state index contributed by atoms with van der Waals surface area (Å²) >= 11 is 2.73. The number of nitrogens with one attached hydrogen (secondary N) is 1. The maximum atomic E-state index is 11.8. The predicted octanol–water partition coefficient (Wildman–Crippen LogP) is 1.44. The maximum absolute atomic E-state index is 11.8. The number of carbonyl (C=O) groups is 1. The minimum Gasteiger partial charge on any atom is -0.416 e. The molecule has 2 aromatic rings. The fraction of sp³-hybridized carbons (Fsp3) is 0.462. The molecule has 10 heteroatoms. The molecule has 0 spiro atoms. The summed E-state index contributed by atoms with van der Waals surface area (Å²) in [6.45, 7) is 0.506. The molecule has 1 aliphatic rings. The number of thiophene rings is 1. The Morgan fingerprint density at radius 2 is 2.35 bits per heavy atom. The molecule has 0 aromatic carbocycles. The van der Waals surface area contributed by atoms with Crippen molar-refractivity contribution in [3.63, 3.8) is 0 Å². The van der Waals surface area contributed by atoms with E-state index in [0.717, 1.165) is 16.6 Å². The first-order valence-corrected chi connectivity index (χ1v) is 10.7. The van der Waals surface area contributed by atoms with Gasteiger partial charge in [-0.25, -0.2) is 8.42 Å². The standard InChI is InChI=1S/C13H15N3O4S3/c17-11(14-6-10-2-1-4-21-10)7-22-13-16-15-12(20-13)9-3-5-23(18,19)8-9/h1-2,4,9H,3,5-8H2,(H,14,17)/t9-/m0/s1. The van der Waals surface area contributed by atoms with Crippen molar-refractivity contribution in [1.29, 1.82) is 0 Å². The topological polar surface area (TPSA) is 102 Å². The van der Waals surface area contributed by atoms with Crippen LogP contribution in [-0.2, 0) is 21.2 Å². The SMILES string of the molecule is O=C(CSc1nnc([C@H]2CCS(=O)(=O)C2)o1)NCc1cccs1. The second kappa shape index (κ2) is 7.02. The molecule has 124 valence electrons. The largest absolute Gasteiger partial charge is 0.416 e. The zero-order valence-electron chi connectivity index (χ0n) is 12.1. The number of amides is 1. The Kier molecular flexibility index (Phi) is 5.02. The molecule has 0 radical (unpaired) electrons. The van der Waals surface area contributed by atoms with E-state index in [0.29, 0.717) is 18.9 Å². The average molecular weight is 373 g/mol. The van der Waals surface area contributed by atoms with Crippen molar-refractivity contribution in [2.75, 3.05) is 17.3 Å². The second-order valence-corrected chi connectivity index (χ2v) is 9.34. The Bertz CT molecular complexity index is 770. The first-order chi connectivity index (χ1) is 11.0. The summed E-state index contributed by atoms with van der Waals surface area (Å²) in [4.78, 5) is 12.9. The zero-order valence-corrected chi connectivity index (χ0v) is 14.5. The van der Waals surface area contributed by atoms with Crippen molar-refractivity contribution in [1.82, 2.24) is 15.5 Å². The van der Waals surface area contributed by atoms with E-state index in [1.165, 1.54) is 0 Å². The number of sulfone groups is 1. The Morgan fingerprint density at radius 3 is 3.04 bits per heavy atom. The van der Waals surface area contributed by atoms with Gasteiger partial charge in [0, 0.05) is 4.88 Å². The second-order valence-electron chi connectivity index (χ2n) is 5.15. The minimum absolute atomic E-state index is 0.0562. The van der Waals surface area contributed by atoms with Crippen LogP contribution >= 0.6 is 23.1 Å². The Labute approximate surface area is 141 Å². The van der Waals surface area contributed by atoms with E-state index in [1.807, 2.05) is 17.5 Å². The van der Waals surface area contributed by atoms with Crippen LogP contribution in [0, 0.1) is 0 Å². The molecule has 2 aromatic heterocycles. The van der Waals surface area contributed by atoms with Crippen LogP contribution in [0.15, 0.2) is 27.2 Å². The molecule has 7 nitrogen and oxygen atoms in total. The highest BCUT2D eigenvalue weighted by Crippen LogP contribution is 2.29. The van der Waals surface area contributed by atoms with Crippen LogP contribution in [0.3, 0.4) is 0 Å². The molecular formula is C13H15N3O4S3. The van der Waals surface area contributed by atoms with E-state index in [9.17, 15) is 13.2 Å². The normalized spacial score (nSPS) is 19.7. The summed E-state index contributed by atoms with van der Waals surface area (Å²) in [5.41, 5.74) is 0. The van der Waals surface area contributed by atoms with Gasteiger partial charge in [0.05, 0.1) is 29.7 Å². The lowest BCUT2D eigenvalue weighted by atomic mass is 10.1. The predicted molar refractivity (Wildman–Crippen MR) is 87.2 cm³/mol. The molecule has 1 saturated heterocycles. The van der Waals surface area contributed by atoms with Crippen molar-refractivity contribution in [3.8, 4) is 0 Å². The lowest BCUT2D eigenvalue weighted by Gasteiger charge is -2.01. The molecular weight excluding hydrogens is 358 g/mol. The summed E-state index contributed by atoms with van der Waals surface area (Å²) < 4.78 is 28.4. The molecule has 1 N–H and O–H groups in total. The highest BCUT2D eigenvalue weighted by molar-refractivity contribution is 7.99. The first-order valence-electron chi connectivity index (χ1n) is 6.97. The van der Waals surface area contributed by atoms with E-state index in [-0.39, 0.29) is 34.3 Å². The lowest BCUT2D eigenvalue weighted by Crippen LogP contribution is -2.24. The Hall–Kier alpha value is -1.39. The van der Waals surface area contributed by atoms with Gasteiger partial charge in [0.15, 0.2) is 9.84 Å². The van der Waals surface area contributed by atoms with Gasteiger partial charge < -0.3 is 9.73 Å². The summed E-state index contributed by atoms with van der Waals surface area (Å²) in [5.74, 6) is 0.387. The van der Waals surface area contributed by atoms with Gasteiger partial charge in [-0.3, -0.25) is 4.79 Å². The summed E-state index contributed by atoms with van der Waals surface area (Å²) in [7, 11) is -2.99. The third kappa shape index (κ3) is 4.55. The summed E-state index contributed by atoms with van der Waals surface area (Å²) in [6.07, 6.45) is 0.510. The third-order valence-corrected chi connectivity index (χ3v) is 6.83. The first kappa shape index (κ1) is 16.5. The van der Waals surface area contributed by atoms with Crippen molar-refractivity contribution in [2.24, 2.45) is 0 Å². The molecule has 1 amide bonds. The third-order valence-electron chi connectivity index (χ3n) is 3.37. The van der Waals surface area contributed by atoms with Gasteiger partial charge in [-0.05, 0) is 17.9 Å². The van der Waals surface area contributed by atoms with E-state index in [2.05, 4.69) is 15.5 Å². The van der Waals surface area contributed by atoms with Crippen LogP contribution in [0.25, 0.3) is 0 Å². The van der Waals surface area contributed by atoms with Gasteiger partial charge in [-0.1, -0.05) is 17.8 Å². The number of aromatic nitrogens is 2. The number of rotatable bonds is 6. The summed E-state index contributed by atoms with van der Waals surface area (Å²) in [6, 6.07) is 3.89. The van der Waals surface area contributed by atoms with Gasteiger partial charge in [0.2, 0.25) is 11.8 Å². The molecule has 0 saturated carbocycles. The molecule has 3 heterocycles. The van der Waals surface area contributed by atoms with E-state index in [4.69, 9.17) is 4.42 Å². The van der Waals surface area contributed by atoms with Crippen LogP contribution in [0.4, 0.5) is 0 Å². The van der Waals surface area contributed by atoms with Crippen molar-refractivity contribution >= 4 is 38.8 Å². The number of hydrogen-bond acceptors (Lipinski definition) is 8. The highest BCUT2D eigenvalue weighted by atomic mass is 32.2. The van der Waals surface area contributed by atoms with Gasteiger partial charge in [-0.15, -0.1) is 21.5 Å². The molecule has 3 rings (SSSR count). The fourth-order valence-electron chi connectivity index (χ4n) is 2.21. The molecule has 0 aliphatic carbocycles. The van der Waals surface area contributed by atoms with Crippen LogP contribution < -0.4 is 5.32 Å². The summed E-state index contributed by atoms with van der Waals surface area (Å²) in [5, 5.41) is 12.8.